The van der Waals surface area contributed by atoms with Crippen LogP contribution in [0.4, 0.5) is 13.2 Å². The highest BCUT2D eigenvalue weighted by molar-refractivity contribution is 5.76. The van der Waals surface area contributed by atoms with Crippen LogP contribution in [0, 0.1) is 12.3 Å². The number of aldehydes is 1. The molecule has 0 aromatic heterocycles. The number of terminal acetylenes is 1. The Kier molecular flexibility index (Phi) is 3.56. The van der Waals surface area contributed by atoms with Gasteiger partial charge in [-0.1, -0.05) is 0 Å². The van der Waals surface area contributed by atoms with Crippen LogP contribution in [-0.4, -0.2) is 12.6 Å². The molecule has 0 fully saturated rings. The molecule has 16 heavy (non-hydrogen) atoms. The number of hydrogen-bond donors (Lipinski definition) is 0. The highest BCUT2D eigenvalue weighted by atomic mass is 19.4. The molecule has 0 atom stereocenters. The first-order chi connectivity index (χ1) is 7.44. The molecule has 0 N–H and O–H groups in total. The van der Waals surface area contributed by atoms with Crippen LogP contribution in [0.1, 0.15) is 15.9 Å². The molecular weight excluding hydrogens is 221 g/mol. The molecule has 1 aromatic carbocycles. The average molecular weight is 228 g/mol. The van der Waals surface area contributed by atoms with Crippen molar-refractivity contribution in [2.24, 2.45) is 0 Å². The SMILES string of the molecule is C#CCc1cc(C=O)cc(OC(F)(F)F)c1. The summed E-state index contributed by atoms with van der Waals surface area (Å²) in [7, 11) is 0. The normalized spacial score (nSPS) is 10.6. The Balaban J connectivity index is 3.05. The zero-order valence-corrected chi connectivity index (χ0v) is 8.04. The van der Waals surface area contributed by atoms with Crippen molar-refractivity contribution in [1.82, 2.24) is 0 Å². The smallest absolute Gasteiger partial charge is 0.406 e. The Labute approximate surface area is 90.0 Å². The van der Waals surface area contributed by atoms with Crippen molar-refractivity contribution in [3.05, 3.63) is 29.3 Å². The molecule has 0 saturated carbocycles. The third-order valence-electron chi connectivity index (χ3n) is 1.66. The topological polar surface area (TPSA) is 26.3 Å². The molecule has 1 aromatic rings. The first-order valence-corrected chi connectivity index (χ1v) is 4.23. The Morgan fingerprint density at radius 2 is 2.06 bits per heavy atom. The van der Waals surface area contributed by atoms with Gasteiger partial charge in [0.1, 0.15) is 12.0 Å². The number of ether oxygens (including phenoxy) is 1. The van der Waals surface area contributed by atoms with Crippen molar-refractivity contribution in [2.75, 3.05) is 0 Å². The van der Waals surface area contributed by atoms with E-state index in [4.69, 9.17) is 6.42 Å². The summed E-state index contributed by atoms with van der Waals surface area (Å²) in [6, 6.07) is 3.57. The summed E-state index contributed by atoms with van der Waals surface area (Å²) in [6.07, 6.45) is 0.814. The van der Waals surface area contributed by atoms with E-state index in [0.29, 0.717) is 11.8 Å². The van der Waals surface area contributed by atoms with Crippen LogP contribution in [0.25, 0.3) is 0 Å². The summed E-state index contributed by atoms with van der Waals surface area (Å²) < 4.78 is 39.5. The van der Waals surface area contributed by atoms with Crippen molar-refractivity contribution in [2.45, 2.75) is 12.8 Å². The van der Waals surface area contributed by atoms with Gasteiger partial charge in [0.15, 0.2) is 0 Å². The molecule has 0 aliphatic carbocycles. The highest BCUT2D eigenvalue weighted by Gasteiger charge is 2.31. The quantitative estimate of drug-likeness (QED) is 0.587. The second-order valence-electron chi connectivity index (χ2n) is 2.96. The molecule has 0 aliphatic heterocycles. The molecule has 0 heterocycles. The number of carbonyl (C=O) groups excluding carboxylic acids is 1. The fourth-order valence-electron chi connectivity index (χ4n) is 1.17. The van der Waals surface area contributed by atoms with E-state index in [9.17, 15) is 18.0 Å². The summed E-state index contributed by atoms with van der Waals surface area (Å²) >= 11 is 0. The number of alkyl halides is 3. The van der Waals surface area contributed by atoms with E-state index in [1.807, 2.05) is 0 Å². The summed E-state index contributed by atoms with van der Waals surface area (Å²) in [4.78, 5) is 10.5. The molecule has 1 rings (SSSR count). The molecular formula is C11H7F3O2. The summed E-state index contributed by atoms with van der Waals surface area (Å²) in [5.41, 5.74) is 0.512. The third-order valence-corrected chi connectivity index (χ3v) is 1.66. The van der Waals surface area contributed by atoms with Crippen molar-refractivity contribution < 1.29 is 22.7 Å². The minimum absolute atomic E-state index is 0.0898. The Morgan fingerprint density at radius 1 is 1.38 bits per heavy atom. The van der Waals surface area contributed by atoms with E-state index in [0.717, 1.165) is 12.1 Å². The van der Waals surface area contributed by atoms with Gasteiger partial charge in [-0.15, -0.1) is 25.5 Å². The lowest BCUT2D eigenvalue weighted by Gasteiger charge is -2.10. The Morgan fingerprint density at radius 3 is 2.56 bits per heavy atom. The number of rotatable bonds is 3. The van der Waals surface area contributed by atoms with Crippen LogP contribution in [0.5, 0.6) is 5.75 Å². The van der Waals surface area contributed by atoms with Gasteiger partial charge in [0.2, 0.25) is 0 Å². The van der Waals surface area contributed by atoms with Crippen LogP contribution in [0.2, 0.25) is 0 Å². The van der Waals surface area contributed by atoms with Gasteiger partial charge in [0.05, 0.1) is 0 Å². The molecule has 0 saturated heterocycles. The third kappa shape index (κ3) is 3.65. The largest absolute Gasteiger partial charge is 0.573 e. The molecule has 0 spiro atoms. The fourth-order valence-corrected chi connectivity index (χ4v) is 1.17. The molecule has 0 unspecified atom stereocenters. The van der Waals surface area contributed by atoms with Crippen molar-refractivity contribution in [3.63, 3.8) is 0 Å². The predicted octanol–water partition coefficient (Wildman–Crippen LogP) is 2.57. The lowest BCUT2D eigenvalue weighted by molar-refractivity contribution is -0.274. The monoisotopic (exact) mass is 228 g/mol. The van der Waals surface area contributed by atoms with E-state index < -0.39 is 12.1 Å². The van der Waals surface area contributed by atoms with E-state index >= 15 is 0 Å². The first kappa shape index (κ1) is 12.1. The van der Waals surface area contributed by atoms with Gasteiger partial charge in [-0.05, 0) is 23.8 Å². The standard InChI is InChI=1S/C11H7F3O2/c1-2-3-8-4-9(7-15)6-10(5-8)16-11(12,13)14/h1,4-7H,3H2. The maximum Gasteiger partial charge on any atom is 0.573 e. The fraction of sp³-hybridized carbons (Fsp3) is 0.182. The molecule has 5 heteroatoms. The molecule has 84 valence electrons. The van der Waals surface area contributed by atoms with E-state index in [1.54, 1.807) is 0 Å². The molecule has 0 radical (unpaired) electrons. The van der Waals surface area contributed by atoms with Crippen molar-refractivity contribution in [1.29, 1.82) is 0 Å². The Bertz CT molecular complexity index is 430. The lowest BCUT2D eigenvalue weighted by atomic mass is 10.1. The van der Waals surface area contributed by atoms with Crippen LogP contribution in [0.3, 0.4) is 0 Å². The van der Waals surface area contributed by atoms with E-state index in [-0.39, 0.29) is 12.0 Å². The van der Waals surface area contributed by atoms with Crippen LogP contribution < -0.4 is 4.74 Å². The van der Waals surface area contributed by atoms with E-state index in [2.05, 4.69) is 10.7 Å². The van der Waals surface area contributed by atoms with Gasteiger partial charge >= 0.3 is 6.36 Å². The summed E-state index contributed by atoms with van der Waals surface area (Å²) in [6.45, 7) is 0. The van der Waals surface area contributed by atoms with Crippen LogP contribution >= 0.6 is 0 Å². The second-order valence-corrected chi connectivity index (χ2v) is 2.96. The lowest BCUT2D eigenvalue weighted by Crippen LogP contribution is -2.17. The maximum absolute atomic E-state index is 11.9. The number of hydrogen-bond acceptors (Lipinski definition) is 2. The molecule has 0 bridgehead atoms. The summed E-state index contributed by atoms with van der Waals surface area (Å²) in [5, 5.41) is 0. The number of carbonyl (C=O) groups is 1. The van der Waals surface area contributed by atoms with Gasteiger partial charge in [-0.25, -0.2) is 0 Å². The van der Waals surface area contributed by atoms with Crippen LogP contribution in [0.15, 0.2) is 18.2 Å². The summed E-state index contributed by atoms with van der Waals surface area (Å²) in [5.74, 6) is 1.83. The van der Waals surface area contributed by atoms with Gasteiger partial charge < -0.3 is 4.74 Å². The molecule has 2 nitrogen and oxygen atoms in total. The molecule has 0 amide bonds. The zero-order valence-electron chi connectivity index (χ0n) is 8.04. The predicted molar refractivity (Wildman–Crippen MR) is 51.0 cm³/mol. The van der Waals surface area contributed by atoms with Gasteiger partial charge in [-0.3, -0.25) is 4.79 Å². The molecule has 0 aliphatic rings. The minimum atomic E-state index is -4.78. The Hall–Kier alpha value is -1.96. The van der Waals surface area contributed by atoms with Crippen LogP contribution in [-0.2, 0) is 6.42 Å². The van der Waals surface area contributed by atoms with E-state index in [1.165, 1.54) is 6.07 Å². The van der Waals surface area contributed by atoms with Crippen molar-refractivity contribution in [3.8, 4) is 18.1 Å². The van der Waals surface area contributed by atoms with Gasteiger partial charge in [0.25, 0.3) is 0 Å². The maximum atomic E-state index is 11.9. The number of halogens is 3. The zero-order chi connectivity index (χ0) is 12.2. The minimum Gasteiger partial charge on any atom is -0.406 e. The van der Waals surface area contributed by atoms with Crippen molar-refractivity contribution >= 4 is 6.29 Å². The van der Waals surface area contributed by atoms with Gasteiger partial charge in [0, 0.05) is 12.0 Å². The van der Waals surface area contributed by atoms with Gasteiger partial charge in [-0.2, -0.15) is 0 Å². The first-order valence-electron chi connectivity index (χ1n) is 4.23. The highest BCUT2D eigenvalue weighted by Crippen LogP contribution is 2.24. The average Bonchev–Trinajstić information content (AvgIpc) is 2.15. The number of benzene rings is 1. The second kappa shape index (κ2) is 4.71.